The van der Waals surface area contributed by atoms with Gasteiger partial charge >= 0.3 is 0 Å². The lowest BCUT2D eigenvalue weighted by molar-refractivity contribution is -0.303. The van der Waals surface area contributed by atoms with Gasteiger partial charge in [-0.05, 0) is 70.3 Å². The molecule has 2 aliphatic carbocycles. The number of hydrogen-bond donors (Lipinski definition) is 3. The maximum atomic E-state index is 11.7. The van der Waals surface area contributed by atoms with Crippen LogP contribution in [0, 0.1) is 17.3 Å². The van der Waals surface area contributed by atoms with E-state index in [1.165, 1.54) is 0 Å². The first-order valence-corrected chi connectivity index (χ1v) is 9.05. The van der Waals surface area contributed by atoms with Gasteiger partial charge in [0.05, 0.1) is 11.2 Å². The third-order valence-electron chi connectivity index (χ3n) is 6.96. The van der Waals surface area contributed by atoms with Gasteiger partial charge in [0.2, 0.25) is 0 Å². The first-order valence-electron chi connectivity index (χ1n) is 9.05. The van der Waals surface area contributed by atoms with E-state index in [1.54, 1.807) is 13.0 Å². The van der Waals surface area contributed by atoms with Crippen molar-refractivity contribution >= 4 is 0 Å². The monoisotopic (exact) mass is 338 g/mol. The van der Waals surface area contributed by atoms with Gasteiger partial charge in [0.25, 0.3) is 0 Å². The van der Waals surface area contributed by atoms with Crippen molar-refractivity contribution in [2.45, 2.75) is 83.5 Å². The van der Waals surface area contributed by atoms with Crippen LogP contribution in [0.1, 0.15) is 66.7 Å². The van der Waals surface area contributed by atoms with E-state index in [0.717, 1.165) is 24.8 Å². The smallest absolute Gasteiger partial charge is 0.119 e. The zero-order chi connectivity index (χ0) is 18.4. The number of rotatable bonds is 6. The molecule has 1 unspecified atom stereocenters. The third-order valence-corrected chi connectivity index (χ3v) is 6.96. The topological polar surface area (TPSA) is 69.9 Å². The van der Waals surface area contributed by atoms with E-state index in [0.29, 0.717) is 12.8 Å². The molecule has 4 heteroatoms. The second-order valence-corrected chi connectivity index (χ2v) is 8.90. The molecule has 0 radical (unpaired) electrons. The Morgan fingerprint density at radius 2 is 2.00 bits per heavy atom. The molecule has 5 atom stereocenters. The Labute approximate surface area is 146 Å². The van der Waals surface area contributed by atoms with Gasteiger partial charge in [0, 0.05) is 5.41 Å². The van der Waals surface area contributed by atoms with E-state index >= 15 is 0 Å². The highest BCUT2D eigenvalue weighted by molar-refractivity contribution is 5.31. The first kappa shape index (κ1) is 19.6. The molecule has 24 heavy (non-hydrogen) atoms. The molecule has 4 nitrogen and oxygen atoms in total. The average molecular weight is 338 g/mol. The van der Waals surface area contributed by atoms with E-state index in [9.17, 15) is 15.5 Å². The summed E-state index contributed by atoms with van der Waals surface area (Å²) >= 11 is 0. The third kappa shape index (κ3) is 2.98. The lowest BCUT2D eigenvalue weighted by atomic mass is 9.52. The molecule has 0 aromatic carbocycles. The van der Waals surface area contributed by atoms with Crippen LogP contribution in [0.25, 0.3) is 0 Å². The Morgan fingerprint density at radius 1 is 1.38 bits per heavy atom. The number of allylic oxidation sites excluding steroid dienone is 1. The molecule has 0 aromatic rings. The van der Waals surface area contributed by atoms with Crippen molar-refractivity contribution in [1.82, 2.24) is 0 Å². The van der Waals surface area contributed by atoms with Crippen molar-refractivity contribution < 1.29 is 20.4 Å². The van der Waals surface area contributed by atoms with Crippen molar-refractivity contribution in [3.63, 3.8) is 0 Å². The van der Waals surface area contributed by atoms with Gasteiger partial charge in [-0.2, -0.15) is 0 Å². The fourth-order valence-corrected chi connectivity index (χ4v) is 4.92. The van der Waals surface area contributed by atoms with Gasteiger partial charge < -0.3 is 10.2 Å². The minimum atomic E-state index is -0.971. The minimum Gasteiger partial charge on any atom is -0.389 e. The van der Waals surface area contributed by atoms with E-state index in [2.05, 4.69) is 26.5 Å². The molecule has 0 spiro atoms. The summed E-state index contributed by atoms with van der Waals surface area (Å²) in [5.74, 6) is 0.333. The van der Waals surface area contributed by atoms with Crippen LogP contribution in [-0.4, -0.2) is 32.3 Å². The molecule has 138 valence electrons. The van der Waals surface area contributed by atoms with Crippen LogP contribution in [0.3, 0.4) is 0 Å². The highest BCUT2D eigenvalue weighted by atomic mass is 17.1. The second kappa shape index (κ2) is 6.24. The Hall–Kier alpha value is -0.680. The standard InChI is InChI=1S/C20H34O4/c1-7-18(5,21)12-13-20(22)14(2)8-9-16-15(17(3,4)24-23)10-11-19(16,20)6/h7,10,14,16,21-23H,1,8-9,11-13H2,2-6H3/t14-,16?,18-,19+,20-/m0/s1. The Morgan fingerprint density at radius 3 is 2.54 bits per heavy atom. The van der Waals surface area contributed by atoms with E-state index < -0.39 is 16.8 Å². The van der Waals surface area contributed by atoms with Gasteiger partial charge in [0.15, 0.2) is 0 Å². The van der Waals surface area contributed by atoms with Gasteiger partial charge in [-0.25, -0.2) is 4.89 Å². The molecule has 2 rings (SSSR count). The van der Waals surface area contributed by atoms with Gasteiger partial charge in [-0.1, -0.05) is 26.0 Å². The Kier molecular flexibility index (Phi) is 5.11. The van der Waals surface area contributed by atoms with Crippen molar-refractivity contribution in [2.75, 3.05) is 0 Å². The predicted octanol–water partition coefficient (Wildman–Crippen LogP) is 4.09. The zero-order valence-electron chi connectivity index (χ0n) is 15.8. The summed E-state index contributed by atoms with van der Waals surface area (Å²) in [4.78, 5) is 4.74. The average Bonchev–Trinajstić information content (AvgIpc) is 2.89. The van der Waals surface area contributed by atoms with Crippen LogP contribution in [0.2, 0.25) is 0 Å². The molecule has 0 amide bonds. The highest BCUT2D eigenvalue weighted by Crippen LogP contribution is 2.61. The first-order chi connectivity index (χ1) is 10.9. The largest absolute Gasteiger partial charge is 0.389 e. The van der Waals surface area contributed by atoms with E-state index in [-0.39, 0.29) is 17.3 Å². The molecular weight excluding hydrogens is 304 g/mol. The molecular formula is C20H34O4. The van der Waals surface area contributed by atoms with Crippen LogP contribution < -0.4 is 0 Å². The fraction of sp³-hybridized carbons (Fsp3) is 0.800. The van der Waals surface area contributed by atoms with Crippen molar-refractivity contribution in [1.29, 1.82) is 0 Å². The molecule has 3 N–H and O–H groups in total. The number of aliphatic hydroxyl groups is 2. The lowest BCUT2D eigenvalue weighted by Gasteiger charge is -2.56. The summed E-state index contributed by atoms with van der Waals surface area (Å²) < 4.78 is 0. The molecule has 2 aliphatic rings. The maximum absolute atomic E-state index is 11.7. The Balaban J connectivity index is 2.31. The summed E-state index contributed by atoms with van der Waals surface area (Å²) in [5.41, 5.74) is -1.81. The summed E-state index contributed by atoms with van der Waals surface area (Å²) in [6.45, 7) is 13.4. The van der Waals surface area contributed by atoms with E-state index in [4.69, 9.17) is 4.89 Å². The lowest BCUT2D eigenvalue weighted by Crippen LogP contribution is -2.58. The summed E-state index contributed by atoms with van der Waals surface area (Å²) in [5, 5.41) is 31.3. The minimum absolute atomic E-state index is 0.158. The Bertz CT molecular complexity index is 522. The number of hydrogen-bond acceptors (Lipinski definition) is 4. The van der Waals surface area contributed by atoms with E-state index in [1.807, 2.05) is 13.8 Å². The zero-order valence-corrected chi connectivity index (χ0v) is 15.8. The fourth-order valence-electron chi connectivity index (χ4n) is 4.92. The van der Waals surface area contributed by atoms with Crippen molar-refractivity contribution in [2.24, 2.45) is 17.3 Å². The number of fused-ring (bicyclic) bond motifs is 1. The molecule has 1 fully saturated rings. The van der Waals surface area contributed by atoms with Crippen LogP contribution in [0.5, 0.6) is 0 Å². The second-order valence-electron chi connectivity index (χ2n) is 8.90. The quantitative estimate of drug-likeness (QED) is 0.388. The SMILES string of the molecule is C=C[C@](C)(O)CC[C@]1(O)[C@@H](C)CCC2C(C(C)(C)OO)=CC[C@]21C. The molecule has 0 saturated heterocycles. The summed E-state index contributed by atoms with van der Waals surface area (Å²) in [6.07, 6.45) is 7.36. The van der Waals surface area contributed by atoms with Crippen LogP contribution in [0.15, 0.2) is 24.3 Å². The molecule has 0 heterocycles. The van der Waals surface area contributed by atoms with Crippen LogP contribution in [0.4, 0.5) is 0 Å². The maximum Gasteiger partial charge on any atom is 0.119 e. The molecule has 0 bridgehead atoms. The summed E-state index contributed by atoms with van der Waals surface area (Å²) in [6, 6.07) is 0. The van der Waals surface area contributed by atoms with Gasteiger partial charge in [0.1, 0.15) is 5.60 Å². The molecule has 0 aliphatic heterocycles. The normalized spacial score (nSPS) is 39.1. The highest BCUT2D eigenvalue weighted by Gasteiger charge is 2.60. The van der Waals surface area contributed by atoms with Gasteiger partial charge in [-0.15, -0.1) is 6.58 Å². The molecule has 1 saturated carbocycles. The van der Waals surface area contributed by atoms with Crippen LogP contribution in [-0.2, 0) is 4.89 Å². The van der Waals surface area contributed by atoms with Crippen molar-refractivity contribution in [3.05, 3.63) is 24.3 Å². The summed E-state index contributed by atoms with van der Waals surface area (Å²) in [7, 11) is 0. The van der Waals surface area contributed by atoms with Gasteiger partial charge in [-0.3, -0.25) is 5.26 Å². The predicted molar refractivity (Wildman–Crippen MR) is 95.5 cm³/mol. The van der Waals surface area contributed by atoms with Crippen LogP contribution >= 0.6 is 0 Å². The molecule has 0 aromatic heterocycles. The van der Waals surface area contributed by atoms with Crippen molar-refractivity contribution in [3.8, 4) is 0 Å².